The zero-order valence-electron chi connectivity index (χ0n) is 17.6. The molecule has 0 saturated heterocycles. The molecule has 2 rings (SSSR count). The van der Waals surface area contributed by atoms with E-state index in [1.807, 2.05) is 30.3 Å². The number of nitrogens with zero attached hydrogens (tertiary/aromatic N) is 2. The number of nitrogens with one attached hydrogen (secondary N) is 2. The van der Waals surface area contributed by atoms with Crippen molar-refractivity contribution in [2.24, 2.45) is 4.99 Å². The largest absolute Gasteiger partial charge is 0.416 e. The SMILES string of the molecule is CN=C(NCCC(=O)N(C)Cc1ccccc1)NCCc1ccc(C(F)(F)F)cc1.I. The van der Waals surface area contributed by atoms with Gasteiger partial charge in [-0.25, -0.2) is 0 Å². The molecule has 31 heavy (non-hydrogen) atoms. The second-order valence-electron chi connectivity index (χ2n) is 6.86. The van der Waals surface area contributed by atoms with Crippen LogP contribution >= 0.6 is 24.0 Å². The van der Waals surface area contributed by atoms with Crippen LogP contribution in [0.3, 0.4) is 0 Å². The van der Waals surface area contributed by atoms with Crippen LogP contribution in [-0.4, -0.2) is 44.0 Å². The lowest BCUT2D eigenvalue weighted by molar-refractivity contribution is -0.137. The molecule has 0 aliphatic carbocycles. The summed E-state index contributed by atoms with van der Waals surface area (Å²) in [6.45, 7) is 1.49. The Balaban J connectivity index is 0.00000480. The van der Waals surface area contributed by atoms with Crippen molar-refractivity contribution >= 4 is 35.8 Å². The van der Waals surface area contributed by atoms with Gasteiger partial charge in [-0.3, -0.25) is 9.79 Å². The van der Waals surface area contributed by atoms with Crippen LogP contribution in [-0.2, 0) is 23.9 Å². The van der Waals surface area contributed by atoms with Crippen molar-refractivity contribution in [3.05, 3.63) is 71.3 Å². The first-order valence-electron chi connectivity index (χ1n) is 9.68. The molecule has 1 amide bonds. The number of guanidine groups is 1. The third-order valence-electron chi connectivity index (χ3n) is 4.53. The van der Waals surface area contributed by atoms with Crippen molar-refractivity contribution in [2.75, 3.05) is 27.2 Å². The van der Waals surface area contributed by atoms with E-state index in [1.165, 1.54) is 12.1 Å². The molecule has 0 radical (unpaired) electrons. The number of carbonyl (C=O) groups excluding carboxylic acids is 1. The molecule has 170 valence electrons. The number of aliphatic imine (C=N–C) groups is 1. The lowest BCUT2D eigenvalue weighted by atomic mass is 10.1. The summed E-state index contributed by atoms with van der Waals surface area (Å²) in [5, 5.41) is 6.17. The number of alkyl halides is 3. The molecule has 0 bridgehead atoms. The number of amides is 1. The van der Waals surface area contributed by atoms with E-state index in [9.17, 15) is 18.0 Å². The molecule has 9 heteroatoms. The highest BCUT2D eigenvalue weighted by molar-refractivity contribution is 14.0. The molecular formula is C22H28F3IN4O. The van der Waals surface area contributed by atoms with Crippen molar-refractivity contribution in [3.63, 3.8) is 0 Å². The van der Waals surface area contributed by atoms with Gasteiger partial charge in [-0.1, -0.05) is 42.5 Å². The van der Waals surface area contributed by atoms with E-state index < -0.39 is 11.7 Å². The van der Waals surface area contributed by atoms with Gasteiger partial charge in [0.25, 0.3) is 0 Å². The molecule has 0 aliphatic rings. The predicted octanol–water partition coefficient (Wildman–Crippen LogP) is 4.08. The molecule has 2 aromatic rings. The van der Waals surface area contributed by atoms with Crippen LogP contribution < -0.4 is 10.6 Å². The molecule has 2 N–H and O–H groups in total. The van der Waals surface area contributed by atoms with Crippen molar-refractivity contribution in [2.45, 2.75) is 25.6 Å². The minimum atomic E-state index is -4.32. The molecule has 0 unspecified atom stereocenters. The first-order valence-corrected chi connectivity index (χ1v) is 9.68. The summed E-state index contributed by atoms with van der Waals surface area (Å²) in [6.07, 6.45) is -3.45. The Morgan fingerprint density at radius 2 is 1.58 bits per heavy atom. The summed E-state index contributed by atoms with van der Waals surface area (Å²) in [5.41, 5.74) is 1.21. The average Bonchev–Trinajstić information content (AvgIpc) is 2.73. The Morgan fingerprint density at radius 3 is 2.16 bits per heavy atom. The smallest absolute Gasteiger partial charge is 0.356 e. The summed E-state index contributed by atoms with van der Waals surface area (Å²) in [6, 6.07) is 14.9. The number of benzene rings is 2. The maximum atomic E-state index is 12.6. The van der Waals surface area contributed by atoms with Crippen LogP contribution in [0, 0.1) is 0 Å². The van der Waals surface area contributed by atoms with Gasteiger partial charge >= 0.3 is 6.18 Å². The summed E-state index contributed by atoms with van der Waals surface area (Å²) >= 11 is 0. The maximum absolute atomic E-state index is 12.6. The van der Waals surface area contributed by atoms with Crippen LogP contribution in [0.1, 0.15) is 23.1 Å². The van der Waals surface area contributed by atoms with Crippen molar-refractivity contribution in [1.29, 1.82) is 0 Å². The van der Waals surface area contributed by atoms with Crippen LogP contribution in [0.2, 0.25) is 0 Å². The fourth-order valence-electron chi connectivity index (χ4n) is 2.83. The number of rotatable bonds is 8. The van der Waals surface area contributed by atoms with E-state index >= 15 is 0 Å². The fraction of sp³-hybridized carbons (Fsp3) is 0.364. The zero-order valence-corrected chi connectivity index (χ0v) is 19.9. The minimum absolute atomic E-state index is 0. The number of carbonyl (C=O) groups is 1. The van der Waals surface area contributed by atoms with Gasteiger partial charge in [-0.15, -0.1) is 24.0 Å². The highest BCUT2D eigenvalue weighted by Gasteiger charge is 2.29. The van der Waals surface area contributed by atoms with E-state index in [1.54, 1.807) is 19.0 Å². The average molecular weight is 548 g/mol. The molecule has 5 nitrogen and oxygen atoms in total. The molecule has 0 aliphatic heterocycles. The number of hydrogen-bond donors (Lipinski definition) is 2. The Morgan fingerprint density at radius 1 is 0.968 bits per heavy atom. The quantitative estimate of drug-likeness (QED) is 0.297. The minimum Gasteiger partial charge on any atom is -0.356 e. The molecular weight excluding hydrogens is 520 g/mol. The van der Waals surface area contributed by atoms with Gasteiger partial charge in [0.2, 0.25) is 5.91 Å². The predicted molar refractivity (Wildman–Crippen MR) is 127 cm³/mol. The number of halogens is 4. The second-order valence-corrected chi connectivity index (χ2v) is 6.86. The van der Waals surface area contributed by atoms with Gasteiger partial charge in [0, 0.05) is 40.2 Å². The molecule has 0 heterocycles. The van der Waals surface area contributed by atoms with Crippen molar-refractivity contribution in [1.82, 2.24) is 15.5 Å². The normalized spacial score (nSPS) is 11.5. The van der Waals surface area contributed by atoms with Crippen molar-refractivity contribution < 1.29 is 18.0 Å². The summed E-state index contributed by atoms with van der Waals surface area (Å²) in [4.78, 5) is 18.0. The van der Waals surface area contributed by atoms with Crippen LogP contribution in [0.4, 0.5) is 13.2 Å². The molecule has 0 saturated carbocycles. The third kappa shape index (κ3) is 9.58. The lowest BCUT2D eigenvalue weighted by Gasteiger charge is -2.18. The first-order chi connectivity index (χ1) is 14.3. The first kappa shape index (κ1) is 26.7. The van der Waals surface area contributed by atoms with Gasteiger partial charge in [0.1, 0.15) is 0 Å². The molecule has 2 aromatic carbocycles. The topological polar surface area (TPSA) is 56.7 Å². The van der Waals surface area contributed by atoms with E-state index in [4.69, 9.17) is 0 Å². The Labute approximate surface area is 198 Å². The number of hydrogen-bond acceptors (Lipinski definition) is 2. The third-order valence-corrected chi connectivity index (χ3v) is 4.53. The van der Waals surface area contributed by atoms with Crippen LogP contribution in [0.15, 0.2) is 59.6 Å². The van der Waals surface area contributed by atoms with Gasteiger partial charge in [0.15, 0.2) is 5.96 Å². The molecule has 0 aromatic heterocycles. The van der Waals surface area contributed by atoms with E-state index in [0.717, 1.165) is 23.3 Å². The van der Waals surface area contributed by atoms with Crippen LogP contribution in [0.5, 0.6) is 0 Å². The molecule has 0 spiro atoms. The highest BCUT2D eigenvalue weighted by atomic mass is 127. The highest BCUT2D eigenvalue weighted by Crippen LogP contribution is 2.29. The van der Waals surface area contributed by atoms with E-state index in [0.29, 0.717) is 38.4 Å². The monoisotopic (exact) mass is 548 g/mol. The Hall–Kier alpha value is -2.30. The Bertz CT molecular complexity index is 827. The van der Waals surface area contributed by atoms with E-state index in [-0.39, 0.29) is 29.9 Å². The standard InChI is InChI=1S/C22H27F3N4O.HI/c1-26-21(27-14-12-17-8-10-19(11-9-17)22(23,24)25)28-15-13-20(30)29(2)16-18-6-4-3-5-7-18;/h3-11H,12-16H2,1-2H3,(H2,26,27,28);1H. The Kier molecular flexibility index (Phi) is 11.4. The van der Waals surface area contributed by atoms with Gasteiger partial charge in [-0.05, 0) is 29.7 Å². The van der Waals surface area contributed by atoms with Gasteiger partial charge in [0.05, 0.1) is 5.56 Å². The maximum Gasteiger partial charge on any atom is 0.416 e. The molecule has 0 atom stereocenters. The summed E-state index contributed by atoms with van der Waals surface area (Å²) in [7, 11) is 3.39. The second kappa shape index (κ2) is 13.2. The lowest BCUT2D eigenvalue weighted by Crippen LogP contribution is -2.40. The summed E-state index contributed by atoms with van der Waals surface area (Å²) < 4.78 is 37.8. The fourth-order valence-corrected chi connectivity index (χ4v) is 2.83. The van der Waals surface area contributed by atoms with Gasteiger partial charge < -0.3 is 15.5 Å². The van der Waals surface area contributed by atoms with Crippen molar-refractivity contribution in [3.8, 4) is 0 Å². The molecule has 0 fully saturated rings. The zero-order chi connectivity index (χ0) is 22.0. The van der Waals surface area contributed by atoms with E-state index in [2.05, 4.69) is 15.6 Å². The van der Waals surface area contributed by atoms with Gasteiger partial charge in [-0.2, -0.15) is 13.2 Å². The van der Waals surface area contributed by atoms with Crippen LogP contribution in [0.25, 0.3) is 0 Å². The summed E-state index contributed by atoms with van der Waals surface area (Å²) in [5.74, 6) is 0.562.